The lowest BCUT2D eigenvalue weighted by Crippen LogP contribution is -2.26. The lowest BCUT2D eigenvalue weighted by atomic mass is 10.3. The summed E-state index contributed by atoms with van der Waals surface area (Å²) in [6.45, 7) is 3.83. The van der Waals surface area contributed by atoms with Crippen molar-refractivity contribution in [3.05, 3.63) is 34.2 Å². The number of ether oxygens (including phenoxy) is 1. The fraction of sp³-hybridized carbons (Fsp3) is 0.400. The van der Waals surface area contributed by atoms with Crippen LogP contribution in [0.2, 0.25) is 0 Å². The van der Waals surface area contributed by atoms with Crippen LogP contribution in [-0.2, 0) is 16.1 Å². The first-order valence-electron chi connectivity index (χ1n) is 4.47. The molecule has 0 atom stereocenters. The molecule has 0 radical (unpaired) electrons. The molecule has 0 aliphatic carbocycles. The van der Waals surface area contributed by atoms with Crippen LogP contribution in [0.4, 0.5) is 0 Å². The molecule has 0 bridgehead atoms. The molecule has 1 aromatic heterocycles. The van der Waals surface area contributed by atoms with E-state index in [0.717, 1.165) is 5.69 Å². The molecule has 0 spiro atoms. The Morgan fingerprint density at radius 2 is 2.21 bits per heavy atom. The van der Waals surface area contributed by atoms with Crippen LogP contribution in [0.1, 0.15) is 12.6 Å². The monoisotopic (exact) mass is 195 g/mol. The van der Waals surface area contributed by atoms with Gasteiger partial charge in [0, 0.05) is 11.8 Å². The van der Waals surface area contributed by atoms with Crippen LogP contribution in [0.15, 0.2) is 23.0 Å². The third kappa shape index (κ3) is 2.45. The molecule has 4 nitrogen and oxygen atoms in total. The van der Waals surface area contributed by atoms with Gasteiger partial charge in [-0.1, -0.05) is 6.07 Å². The van der Waals surface area contributed by atoms with Gasteiger partial charge < -0.3 is 9.30 Å². The third-order valence-corrected chi connectivity index (χ3v) is 1.86. The molecule has 0 saturated heterocycles. The highest BCUT2D eigenvalue weighted by atomic mass is 16.5. The quantitative estimate of drug-likeness (QED) is 0.668. The number of hydrogen-bond donors (Lipinski definition) is 0. The molecule has 0 saturated carbocycles. The Morgan fingerprint density at radius 3 is 2.79 bits per heavy atom. The number of nitrogens with zero attached hydrogens (tertiary/aromatic N) is 1. The molecule has 0 unspecified atom stereocenters. The van der Waals surface area contributed by atoms with E-state index in [0.29, 0.717) is 6.61 Å². The molecule has 1 aromatic rings. The van der Waals surface area contributed by atoms with Crippen LogP contribution < -0.4 is 5.56 Å². The molecule has 0 fully saturated rings. The summed E-state index contributed by atoms with van der Waals surface area (Å²) in [5.41, 5.74) is 0.573. The van der Waals surface area contributed by atoms with Crippen LogP contribution in [0, 0.1) is 6.92 Å². The van der Waals surface area contributed by atoms with E-state index in [1.54, 1.807) is 26.0 Å². The molecule has 1 rings (SSSR count). The summed E-state index contributed by atoms with van der Waals surface area (Å²) in [5.74, 6) is -0.385. The molecular weight excluding hydrogens is 182 g/mol. The number of pyridine rings is 1. The number of aryl methyl sites for hydroxylation is 1. The summed E-state index contributed by atoms with van der Waals surface area (Å²) in [7, 11) is 0. The van der Waals surface area contributed by atoms with Crippen molar-refractivity contribution in [2.24, 2.45) is 0 Å². The van der Waals surface area contributed by atoms with Gasteiger partial charge in [0.25, 0.3) is 5.56 Å². The maximum Gasteiger partial charge on any atom is 0.326 e. The van der Waals surface area contributed by atoms with Gasteiger partial charge in [-0.2, -0.15) is 0 Å². The van der Waals surface area contributed by atoms with Crippen LogP contribution in [-0.4, -0.2) is 17.1 Å². The van der Waals surface area contributed by atoms with Crippen LogP contribution >= 0.6 is 0 Å². The molecule has 76 valence electrons. The van der Waals surface area contributed by atoms with Crippen molar-refractivity contribution in [1.82, 2.24) is 4.57 Å². The van der Waals surface area contributed by atoms with E-state index in [4.69, 9.17) is 4.74 Å². The Bertz CT molecular complexity index is 381. The first-order chi connectivity index (χ1) is 6.65. The van der Waals surface area contributed by atoms with Gasteiger partial charge in [0.1, 0.15) is 6.54 Å². The largest absolute Gasteiger partial charge is 0.465 e. The summed E-state index contributed by atoms with van der Waals surface area (Å²) in [5, 5.41) is 0. The van der Waals surface area contributed by atoms with Gasteiger partial charge in [-0.3, -0.25) is 9.59 Å². The predicted octanol–water partition coefficient (Wildman–Crippen LogP) is 0.720. The highest BCUT2D eigenvalue weighted by Gasteiger charge is 2.06. The fourth-order valence-electron chi connectivity index (χ4n) is 1.16. The molecule has 0 aliphatic rings. The van der Waals surface area contributed by atoms with Crippen molar-refractivity contribution >= 4 is 5.97 Å². The zero-order valence-electron chi connectivity index (χ0n) is 8.32. The van der Waals surface area contributed by atoms with Gasteiger partial charge in [-0.05, 0) is 19.9 Å². The molecule has 4 heteroatoms. The molecule has 0 N–H and O–H groups in total. The number of rotatable bonds is 3. The molecule has 14 heavy (non-hydrogen) atoms. The summed E-state index contributed by atoms with van der Waals surface area (Å²) >= 11 is 0. The number of carbonyl (C=O) groups is 1. The van der Waals surface area contributed by atoms with Crippen LogP contribution in [0.3, 0.4) is 0 Å². The van der Waals surface area contributed by atoms with Gasteiger partial charge in [-0.15, -0.1) is 0 Å². The second-order valence-electron chi connectivity index (χ2n) is 2.90. The average Bonchev–Trinajstić information content (AvgIpc) is 2.12. The highest BCUT2D eigenvalue weighted by Crippen LogP contribution is 1.94. The van der Waals surface area contributed by atoms with E-state index in [-0.39, 0.29) is 18.1 Å². The van der Waals surface area contributed by atoms with Gasteiger partial charge >= 0.3 is 5.97 Å². The first kappa shape index (κ1) is 10.5. The van der Waals surface area contributed by atoms with E-state index >= 15 is 0 Å². The van der Waals surface area contributed by atoms with Crippen molar-refractivity contribution in [3.63, 3.8) is 0 Å². The van der Waals surface area contributed by atoms with Crippen molar-refractivity contribution in [3.8, 4) is 0 Å². The van der Waals surface area contributed by atoms with E-state index in [2.05, 4.69) is 0 Å². The van der Waals surface area contributed by atoms with Crippen molar-refractivity contribution < 1.29 is 9.53 Å². The number of esters is 1. The van der Waals surface area contributed by atoms with Crippen LogP contribution in [0.25, 0.3) is 0 Å². The Labute approximate surface area is 82.1 Å². The fourth-order valence-corrected chi connectivity index (χ4v) is 1.16. The topological polar surface area (TPSA) is 48.3 Å². The van der Waals surface area contributed by atoms with Gasteiger partial charge in [-0.25, -0.2) is 0 Å². The zero-order chi connectivity index (χ0) is 10.6. The van der Waals surface area contributed by atoms with Crippen molar-refractivity contribution in [1.29, 1.82) is 0 Å². The standard InChI is InChI=1S/C10H13NO3/c1-3-14-10(13)7-11-8(2)5-4-6-9(11)12/h4-6H,3,7H2,1-2H3. The summed E-state index contributed by atoms with van der Waals surface area (Å²) < 4.78 is 6.14. The Kier molecular flexibility index (Phi) is 3.45. The Hall–Kier alpha value is -1.58. The van der Waals surface area contributed by atoms with Gasteiger partial charge in [0.2, 0.25) is 0 Å². The molecular formula is C10H13NO3. The zero-order valence-corrected chi connectivity index (χ0v) is 8.32. The summed E-state index contributed by atoms with van der Waals surface area (Å²) in [4.78, 5) is 22.5. The van der Waals surface area contributed by atoms with E-state index in [1.807, 2.05) is 0 Å². The number of carbonyl (C=O) groups excluding carboxylic acids is 1. The minimum absolute atomic E-state index is 0.0145. The lowest BCUT2D eigenvalue weighted by molar-refractivity contribution is -0.143. The minimum Gasteiger partial charge on any atom is -0.465 e. The Morgan fingerprint density at radius 1 is 1.50 bits per heavy atom. The second kappa shape index (κ2) is 4.60. The van der Waals surface area contributed by atoms with Crippen molar-refractivity contribution in [2.45, 2.75) is 20.4 Å². The molecule has 0 amide bonds. The van der Waals surface area contributed by atoms with Gasteiger partial charge in [0.05, 0.1) is 6.61 Å². The summed E-state index contributed by atoms with van der Waals surface area (Å²) in [6.07, 6.45) is 0. The van der Waals surface area contributed by atoms with E-state index in [9.17, 15) is 9.59 Å². The van der Waals surface area contributed by atoms with Crippen LogP contribution in [0.5, 0.6) is 0 Å². The minimum atomic E-state index is -0.385. The maximum absolute atomic E-state index is 11.3. The summed E-state index contributed by atoms with van der Waals surface area (Å²) in [6, 6.07) is 4.87. The van der Waals surface area contributed by atoms with Crippen molar-refractivity contribution in [2.75, 3.05) is 6.61 Å². The average molecular weight is 195 g/mol. The highest BCUT2D eigenvalue weighted by molar-refractivity contribution is 5.69. The molecule has 1 heterocycles. The van der Waals surface area contributed by atoms with Gasteiger partial charge in [0.15, 0.2) is 0 Å². The SMILES string of the molecule is CCOC(=O)Cn1c(C)cccc1=O. The smallest absolute Gasteiger partial charge is 0.326 e. The number of aromatic nitrogens is 1. The number of hydrogen-bond acceptors (Lipinski definition) is 3. The van der Waals surface area contributed by atoms with E-state index < -0.39 is 0 Å². The lowest BCUT2D eigenvalue weighted by Gasteiger charge is -2.07. The normalized spacial score (nSPS) is 9.86. The van der Waals surface area contributed by atoms with E-state index in [1.165, 1.54) is 10.6 Å². The second-order valence-corrected chi connectivity index (χ2v) is 2.90. The predicted molar refractivity (Wildman–Crippen MR) is 52.1 cm³/mol. The first-order valence-corrected chi connectivity index (χ1v) is 4.47. The maximum atomic E-state index is 11.3. The third-order valence-electron chi connectivity index (χ3n) is 1.86. The molecule has 0 aliphatic heterocycles. The Balaban J connectivity index is 2.86. The molecule has 0 aromatic carbocycles.